The van der Waals surface area contributed by atoms with Crippen molar-refractivity contribution in [2.75, 3.05) is 6.61 Å². The zero-order chi connectivity index (χ0) is 21.8. The number of hydrogen-bond acceptors (Lipinski definition) is 5. The highest BCUT2D eigenvalue weighted by Crippen LogP contribution is 2.25. The molecule has 1 amide bonds. The summed E-state index contributed by atoms with van der Waals surface area (Å²) in [6, 6.07) is 16.6. The molecule has 7 heteroatoms. The predicted molar refractivity (Wildman–Crippen MR) is 111 cm³/mol. The Morgan fingerprint density at radius 2 is 1.60 bits per heavy atom. The quantitative estimate of drug-likeness (QED) is 0.428. The summed E-state index contributed by atoms with van der Waals surface area (Å²) in [6.45, 7) is 2.18. The van der Waals surface area contributed by atoms with Crippen LogP contribution in [-0.2, 0) is 25.7 Å². The molecular formula is C23H27NO6. The standard InChI is InChI=1S/C23H27NO6/c1-2-3-14-29-23(28)24-21(22(27)30-16-17-10-6-4-7-11-17)19(15-20(25)26)18-12-8-5-9-13-18/h4-13,19,21H,2-3,14-16H2,1H3,(H,24,28)(H,25,26). The first-order valence-electron chi connectivity index (χ1n) is 9.91. The van der Waals surface area contributed by atoms with Crippen LogP contribution < -0.4 is 5.32 Å². The minimum Gasteiger partial charge on any atom is -0.481 e. The predicted octanol–water partition coefficient (Wildman–Crippen LogP) is 3.88. The Hall–Kier alpha value is -3.35. The van der Waals surface area contributed by atoms with Crippen molar-refractivity contribution in [2.45, 2.75) is 44.8 Å². The third-order valence-electron chi connectivity index (χ3n) is 4.51. The van der Waals surface area contributed by atoms with E-state index in [0.29, 0.717) is 12.0 Å². The molecule has 2 aromatic carbocycles. The Bertz CT molecular complexity index is 809. The number of ether oxygens (including phenoxy) is 2. The van der Waals surface area contributed by atoms with Crippen LogP contribution in [-0.4, -0.2) is 35.8 Å². The average Bonchev–Trinajstić information content (AvgIpc) is 2.76. The van der Waals surface area contributed by atoms with Crippen LogP contribution in [0.25, 0.3) is 0 Å². The third kappa shape index (κ3) is 7.58. The number of alkyl carbamates (subject to hydrolysis) is 1. The van der Waals surface area contributed by atoms with Crippen molar-refractivity contribution in [1.82, 2.24) is 5.32 Å². The van der Waals surface area contributed by atoms with E-state index >= 15 is 0 Å². The first kappa shape index (κ1) is 22.9. The molecule has 2 unspecified atom stereocenters. The van der Waals surface area contributed by atoms with E-state index in [-0.39, 0.29) is 19.6 Å². The van der Waals surface area contributed by atoms with E-state index in [1.807, 2.05) is 25.1 Å². The lowest BCUT2D eigenvalue weighted by Gasteiger charge is -2.25. The number of amides is 1. The lowest BCUT2D eigenvalue weighted by atomic mass is 9.88. The molecule has 160 valence electrons. The molecular weight excluding hydrogens is 386 g/mol. The zero-order valence-corrected chi connectivity index (χ0v) is 17.0. The van der Waals surface area contributed by atoms with E-state index in [9.17, 15) is 19.5 Å². The summed E-state index contributed by atoms with van der Waals surface area (Å²) in [6.07, 6.45) is 0.399. The summed E-state index contributed by atoms with van der Waals surface area (Å²) in [5, 5.41) is 11.9. The van der Waals surface area contributed by atoms with Gasteiger partial charge >= 0.3 is 18.0 Å². The molecule has 2 atom stereocenters. The molecule has 7 nitrogen and oxygen atoms in total. The van der Waals surface area contributed by atoms with E-state index in [0.717, 1.165) is 12.0 Å². The largest absolute Gasteiger partial charge is 0.481 e. The maximum absolute atomic E-state index is 12.9. The molecule has 2 rings (SSSR count). The number of carbonyl (C=O) groups is 3. The summed E-state index contributed by atoms with van der Waals surface area (Å²) in [7, 11) is 0. The molecule has 0 saturated carbocycles. The smallest absolute Gasteiger partial charge is 0.407 e. The van der Waals surface area contributed by atoms with Crippen molar-refractivity contribution in [2.24, 2.45) is 0 Å². The first-order chi connectivity index (χ1) is 14.5. The Kier molecular flexibility index (Phi) is 9.37. The summed E-state index contributed by atoms with van der Waals surface area (Å²) < 4.78 is 10.5. The molecule has 30 heavy (non-hydrogen) atoms. The van der Waals surface area contributed by atoms with Crippen molar-refractivity contribution in [1.29, 1.82) is 0 Å². The monoisotopic (exact) mass is 413 g/mol. The maximum atomic E-state index is 12.9. The Labute approximate surface area is 176 Å². The molecule has 0 aliphatic carbocycles. The van der Waals surface area contributed by atoms with E-state index in [4.69, 9.17) is 9.47 Å². The van der Waals surface area contributed by atoms with Gasteiger partial charge in [0.2, 0.25) is 0 Å². The van der Waals surface area contributed by atoms with Gasteiger partial charge in [-0.3, -0.25) is 4.79 Å². The van der Waals surface area contributed by atoms with Gasteiger partial charge in [-0.25, -0.2) is 9.59 Å². The number of esters is 1. The molecule has 0 saturated heterocycles. The normalized spacial score (nSPS) is 12.4. The third-order valence-corrected chi connectivity index (χ3v) is 4.51. The van der Waals surface area contributed by atoms with Crippen LogP contribution in [0.4, 0.5) is 4.79 Å². The van der Waals surface area contributed by atoms with Crippen LogP contribution in [0.3, 0.4) is 0 Å². The van der Waals surface area contributed by atoms with Crippen molar-refractivity contribution in [3.05, 3.63) is 71.8 Å². The second-order valence-corrected chi connectivity index (χ2v) is 6.82. The molecule has 2 N–H and O–H groups in total. The van der Waals surface area contributed by atoms with Crippen LogP contribution in [0.5, 0.6) is 0 Å². The van der Waals surface area contributed by atoms with Crippen molar-refractivity contribution < 1.29 is 29.0 Å². The molecule has 0 aliphatic rings. The Balaban J connectivity index is 2.21. The van der Waals surface area contributed by atoms with Gasteiger partial charge in [0.15, 0.2) is 0 Å². The van der Waals surface area contributed by atoms with Gasteiger partial charge in [0.25, 0.3) is 0 Å². The highest BCUT2D eigenvalue weighted by Gasteiger charge is 2.34. The van der Waals surface area contributed by atoms with Crippen molar-refractivity contribution >= 4 is 18.0 Å². The van der Waals surface area contributed by atoms with Gasteiger partial charge in [0.05, 0.1) is 13.0 Å². The maximum Gasteiger partial charge on any atom is 0.407 e. The fourth-order valence-corrected chi connectivity index (χ4v) is 2.94. The summed E-state index contributed by atoms with van der Waals surface area (Å²) >= 11 is 0. The Morgan fingerprint density at radius 1 is 0.967 bits per heavy atom. The number of hydrogen-bond donors (Lipinski definition) is 2. The lowest BCUT2D eigenvalue weighted by molar-refractivity contribution is -0.148. The minimum absolute atomic E-state index is 0.0112. The number of unbranched alkanes of at least 4 members (excludes halogenated alkanes) is 1. The summed E-state index contributed by atoms with van der Waals surface area (Å²) in [4.78, 5) is 36.6. The molecule has 0 aliphatic heterocycles. The fraction of sp³-hybridized carbons (Fsp3) is 0.348. The minimum atomic E-state index is -1.21. The van der Waals surface area contributed by atoms with Gasteiger partial charge in [-0.1, -0.05) is 74.0 Å². The molecule has 0 radical (unpaired) electrons. The number of rotatable bonds is 11. The summed E-state index contributed by atoms with van der Waals surface area (Å²) in [5.41, 5.74) is 1.39. The fourth-order valence-electron chi connectivity index (χ4n) is 2.94. The van der Waals surface area contributed by atoms with Gasteiger partial charge < -0.3 is 19.9 Å². The number of carboxylic acid groups (broad SMARTS) is 1. The first-order valence-corrected chi connectivity index (χ1v) is 9.91. The number of nitrogens with one attached hydrogen (secondary N) is 1. The highest BCUT2D eigenvalue weighted by atomic mass is 16.6. The van der Waals surface area contributed by atoms with Crippen molar-refractivity contribution in [3.63, 3.8) is 0 Å². The van der Waals surface area contributed by atoms with Crippen LogP contribution in [0, 0.1) is 0 Å². The van der Waals surface area contributed by atoms with Gasteiger partial charge in [-0.15, -0.1) is 0 Å². The molecule has 0 spiro atoms. The highest BCUT2D eigenvalue weighted by molar-refractivity contribution is 5.83. The lowest BCUT2D eigenvalue weighted by Crippen LogP contribution is -2.46. The van der Waals surface area contributed by atoms with Crippen LogP contribution >= 0.6 is 0 Å². The SMILES string of the molecule is CCCCOC(=O)NC(C(=O)OCc1ccccc1)C(CC(=O)O)c1ccccc1. The zero-order valence-electron chi connectivity index (χ0n) is 17.0. The topological polar surface area (TPSA) is 102 Å². The van der Waals surface area contributed by atoms with E-state index in [1.165, 1.54) is 0 Å². The van der Waals surface area contributed by atoms with Crippen LogP contribution in [0.15, 0.2) is 60.7 Å². The molecule has 2 aromatic rings. The number of benzene rings is 2. The molecule has 0 bridgehead atoms. The van der Waals surface area contributed by atoms with Gasteiger partial charge in [0, 0.05) is 5.92 Å². The number of carboxylic acids is 1. The average molecular weight is 413 g/mol. The summed E-state index contributed by atoms with van der Waals surface area (Å²) in [5.74, 6) is -2.63. The van der Waals surface area contributed by atoms with Crippen LogP contribution in [0.1, 0.15) is 43.2 Å². The number of carbonyl (C=O) groups excluding carboxylic acids is 2. The van der Waals surface area contributed by atoms with E-state index < -0.39 is 30.0 Å². The van der Waals surface area contributed by atoms with Gasteiger partial charge in [-0.05, 0) is 17.5 Å². The van der Waals surface area contributed by atoms with Gasteiger partial charge in [-0.2, -0.15) is 0 Å². The second kappa shape index (κ2) is 12.3. The van der Waals surface area contributed by atoms with Crippen LogP contribution in [0.2, 0.25) is 0 Å². The van der Waals surface area contributed by atoms with Gasteiger partial charge in [0.1, 0.15) is 12.6 Å². The molecule has 0 fully saturated rings. The molecule has 0 heterocycles. The molecule has 0 aromatic heterocycles. The van der Waals surface area contributed by atoms with Crippen molar-refractivity contribution in [3.8, 4) is 0 Å². The second-order valence-electron chi connectivity index (χ2n) is 6.82. The van der Waals surface area contributed by atoms with E-state index in [2.05, 4.69) is 5.32 Å². The van der Waals surface area contributed by atoms with E-state index in [1.54, 1.807) is 42.5 Å². The Morgan fingerprint density at radius 3 is 2.20 bits per heavy atom. The number of aliphatic carboxylic acids is 1.